The lowest BCUT2D eigenvalue weighted by molar-refractivity contribution is 0.931. The molecule has 0 atom stereocenters. The van der Waals surface area contributed by atoms with Gasteiger partial charge in [-0.1, -0.05) is 72.8 Å². The molecule has 8 aromatic rings. The summed E-state index contributed by atoms with van der Waals surface area (Å²) in [5.41, 5.74) is 9.59. The third kappa shape index (κ3) is 3.91. The summed E-state index contributed by atoms with van der Waals surface area (Å²) >= 11 is 0. The van der Waals surface area contributed by atoms with Crippen molar-refractivity contribution in [2.24, 2.45) is 0 Å². The van der Waals surface area contributed by atoms with Crippen LogP contribution in [0.5, 0.6) is 0 Å². The van der Waals surface area contributed by atoms with E-state index in [-0.39, 0.29) is 0 Å². The van der Waals surface area contributed by atoms with Crippen LogP contribution in [0.1, 0.15) is 0 Å². The van der Waals surface area contributed by atoms with E-state index in [0.29, 0.717) is 0 Å². The van der Waals surface area contributed by atoms with E-state index in [9.17, 15) is 0 Å². The summed E-state index contributed by atoms with van der Waals surface area (Å²) in [5, 5.41) is 0. The van der Waals surface area contributed by atoms with Gasteiger partial charge in [0.2, 0.25) is 5.78 Å². The Morgan fingerprint density at radius 3 is 2.07 bits per heavy atom. The van der Waals surface area contributed by atoms with Crippen LogP contribution in [-0.2, 0) is 0 Å². The Labute approximate surface area is 260 Å². The molecule has 1 aliphatic heterocycles. The minimum atomic E-state index is 0.735. The zero-order valence-corrected chi connectivity index (χ0v) is 24.7. The topological polar surface area (TPSA) is 44.8 Å². The molecule has 4 heterocycles. The number of hydrogen-bond acceptors (Lipinski definition) is 5. The van der Waals surface area contributed by atoms with Gasteiger partial charge in [-0.2, -0.15) is 0 Å². The molecule has 9 rings (SSSR count). The molecular weight excluding hydrogens is 554 g/mol. The fourth-order valence-corrected chi connectivity index (χ4v) is 6.66. The van der Waals surface area contributed by atoms with E-state index >= 15 is 0 Å². The standard InChI is InChI=1S/C38H29N7/c1-41-26-42(30-19-9-8-18-29(30)41)35-24-13-25-36(39-35)43(27-14-4-2-5-15-27)33-22-12-23-34-37(33)40-38-44(28-16-6-3-7-17-28)31-20-10-11-21-32(31)45(34)38/h2-25H,26H2,1H3. The molecule has 1 aliphatic rings. The number of nitrogens with zero attached hydrogens (tertiary/aromatic N) is 7. The fourth-order valence-electron chi connectivity index (χ4n) is 6.66. The van der Waals surface area contributed by atoms with Crippen LogP contribution in [0.25, 0.3) is 33.5 Å². The SMILES string of the molecule is CN1CN(c2cccc(N(c3ccccc3)c3cccc4c3nc3n(-c5ccccc5)c5ccccc5n43)n2)c2ccccc21. The number of fused-ring (bicyclic) bond motifs is 6. The van der Waals surface area contributed by atoms with Crippen molar-refractivity contribution < 1.29 is 0 Å². The Balaban J connectivity index is 1.27. The third-order valence-corrected chi connectivity index (χ3v) is 8.64. The fraction of sp³-hybridized carbons (Fsp3) is 0.0526. The van der Waals surface area contributed by atoms with Crippen LogP contribution < -0.4 is 14.7 Å². The number of aromatic nitrogens is 4. The molecule has 7 heteroatoms. The number of imidazole rings is 2. The first-order chi connectivity index (χ1) is 22.3. The zero-order valence-electron chi connectivity index (χ0n) is 24.7. The van der Waals surface area contributed by atoms with Crippen LogP contribution in [0.3, 0.4) is 0 Å². The van der Waals surface area contributed by atoms with Gasteiger partial charge >= 0.3 is 0 Å². The van der Waals surface area contributed by atoms with E-state index in [2.05, 4.69) is 164 Å². The molecule has 7 nitrogen and oxygen atoms in total. The molecule has 216 valence electrons. The van der Waals surface area contributed by atoms with Gasteiger partial charge in [0, 0.05) is 18.4 Å². The first-order valence-corrected chi connectivity index (χ1v) is 15.1. The van der Waals surface area contributed by atoms with E-state index < -0.39 is 0 Å². The molecule has 0 N–H and O–H groups in total. The van der Waals surface area contributed by atoms with Crippen molar-refractivity contribution in [1.29, 1.82) is 0 Å². The van der Waals surface area contributed by atoms with Crippen molar-refractivity contribution in [3.05, 3.63) is 146 Å². The lowest BCUT2D eigenvalue weighted by Gasteiger charge is -2.26. The van der Waals surface area contributed by atoms with Crippen LogP contribution in [0.2, 0.25) is 0 Å². The molecule has 0 unspecified atom stereocenters. The van der Waals surface area contributed by atoms with Crippen molar-refractivity contribution >= 4 is 62.2 Å². The van der Waals surface area contributed by atoms with E-state index in [1.54, 1.807) is 0 Å². The van der Waals surface area contributed by atoms with E-state index in [1.165, 1.54) is 5.69 Å². The molecule has 0 amide bonds. The van der Waals surface area contributed by atoms with Crippen molar-refractivity contribution in [3.63, 3.8) is 0 Å². The molecular formula is C38H29N7. The van der Waals surface area contributed by atoms with Gasteiger partial charge in [-0.3, -0.25) is 13.9 Å². The quantitative estimate of drug-likeness (QED) is 0.203. The highest BCUT2D eigenvalue weighted by Crippen LogP contribution is 2.42. The maximum absolute atomic E-state index is 5.38. The maximum atomic E-state index is 5.38. The summed E-state index contributed by atoms with van der Waals surface area (Å²) in [6.07, 6.45) is 0. The Morgan fingerprint density at radius 2 is 1.24 bits per heavy atom. The minimum Gasteiger partial charge on any atom is -0.355 e. The normalized spacial score (nSPS) is 12.8. The molecule has 5 aromatic carbocycles. The smallest absolute Gasteiger partial charge is 0.220 e. The molecule has 0 saturated heterocycles. The molecule has 0 fully saturated rings. The monoisotopic (exact) mass is 583 g/mol. The lowest BCUT2D eigenvalue weighted by Crippen LogP contribution is -2.25. The van der Waals surface area contributed by atoms with E-state index in [4.69, 9.17) is 9.97 Å². The van der Waals surface area contributed by atoms with Crippen molar-refractivity contribution in [1.82, 2.24) is 18.9 Å². The highest BCUT2D eigenvalue weighted by atomic mass is 15.4. The predicted octanol–water partition coefficient (Wildman–Crippen LogP) is 8.84. The van der Waals surface area contributed by atoms with Crippen LogP contribution in [-0.4, -0.2) is 32.7 Å². The largest absolute Gasteiger partial charge is 0.355 e. The summed E-state index contributed by atoms with van der Waals surface area (Å²) in [5.74, 6) is 2.59. The van der Waals surface area contributed by atoms with Gasteiger partial charge in [0.25, 0.3) is 0 Å². The Bertz CT molecular complexity index is 2340. The third-order valence-electron chi connectivity index (χ3n) is 8.64. The highest BCUT2D eigenvalue weighted by molar-refractivity contribution is 6.00. The van der Waals surface area contributed by atoms with Crippen molar-refractivity contribution in [3.8, 4) is 5.69 Å². The minimum absolute atomic E-state index is 0.735. The molecule has 0 radical (unpaired) electrons. The second kappa shape index (κ2) is 9.99. The van der Waals surface area contributed by atoms with Crippen LogP contribution in [0.15, 0.2) is 146 Å². The second-order valence-electron chi connectivity index (χ2n) is 11.3. The highest BCUT2D eigenvalue weighted by Gasteiger charge is 2.27. The first-order valence-electron chi connectivity index (χ1n) is 15.1. The van der Waals surface area contributed by atoms with Gasteiger partial charge < -0.3 is 9.80 Å². The zero-order chi connectivity index (χ0) is 29.9. The van der Waals surface area contributed by atoms with Gasteiger partial charge in [0.15, 0.2) is 0 Å². The van der Waals surface area contributed by atoms with Gasteiger partial charge in [-0.25, -0.2) is 9.97 Å². The summed E-state index contributed by atoms with van der Waals surface area (Å²) < 4.78 is 4.51. The van der Waals surface area contributed by atoms with Crippen LogP contribution in [0.4, 0.5) is 34.4 Å². The Hall–Kier alpha value is -6.08. The Morgan fingerprint density at radius 1 is 0.578 bits per heavy atom. The Kier molecular flexibility index (Phi) is 5.65. The molecule has 3 aromatic heterocycles. The van der Waals surface area contributed by atoms with Gasteiger partial charge in [-0.05, 0) is 72.8 Å². The molecule has 0 bridgehead atoms. The second-order valence-corrected chi connectivity index (χ2v) is 11.3. The van der Waals surface area contributed by atoms with E-state index in [1.807, 2.05) is 12.1 Å². The molecule has 0 spiro atoms. The summed E-state index contributed by atoms with van der Waals surface area (Å²) in [6, 6.07) is 50.5. The molecule has 0 saturated carbocycles. The molecule has 45 heavy (non-hydrogen) atoms. The summed E-state index contributed by atoms with van der Waals surface area (Å²) in [7, 11) is 2.12. The van der Waals surface area contributed by atoms with E-state index in [0.717, 1.165) is 68.9 Å². The lowest BCUT2D eigenvalue weighted by atomic mass is 10.2. The maximum Gasteiger partial charge on any atom is 0.220 e. The number of hydrogen-bond donors (Lipinski definition) is 0. The predicted molar refractivity (Wildman–Crippen MR) is 184 cm³/mol. The van der Waals surface area contributed by atoms with Crippen LogP contribution >= 0.6 is 0 Å². The van der Waals surface area contributed by atoms with Gasteiger partial charge in [0.1, 0.15) is 17.2 Å². The summed E-state index contributed by atoms with van der Waals surface area (Å²) in [6.45, 7) is 0.735. The number of para-hydroxylation sites is 7. The van der Waals surface area contributed by atoms with Crippen molar-refractivity contribution in [2.75, 3.05) is 28.4 Å². The average molecular weight is 584 g/mol. The van der Waals surface area contributed by atoms with Gasteiger partial charge in [0.05, 0.1) is 40.3 Å². The van der Waals surface area contributed by atoms with Gasteiger partial charge in [-0.15, -0.1) is 0 Å². The number of pyridine rings is 1. The number of benzene rings is 5. The first kappa shape index (κ1) is 25.4. The number of rotatable bonds is 5. The van der Waals surface area contributed by atoms with Crippen LogP contribution in [0, 0.1) is 0 Å². The average Bonchev–Trinajstić information content (AvgIpc) is 3.75. The summed E-state index contributed by atoms with van der Waals surface area (Å²) in [4.78, 5) is 17.4. The number of anilines is 6. The molecule has 0 aliphatic carbocycles. The van der Waals surface area contributed by atoms with Crippen molar-refractivity contribution in [2.45, 2.75) is 0 Å².